The summed E-state index contributed by atoms with van der Waals surface area (Å²) in [5, 5.41) is 3.01. The van der Waals surface area contributed by atoms with Crippen LogP contribution < -0.4 is 11.1 Å². The van der Waals surface area contributed by atoms with Gasteiger partial charge >= 0.3 is 0 Å². The standard InChI is InChI=1S/C13H25N3O2.ClH/c1-9(2)13(3,8-14)15-12(18)10-5-6-16(4)11(17)7-10;/h9-10H,5-8,14H2,1-4H3,(H,15,18);1H. The van der Waals surface area contributed by atoms with Gasteiger partial charge in [-0.1, -0.05) is 13.8 Å². The van der Waals surface area contributed by atoms with Crippen molar-refractivity contribution in [3.05, 3.63) is 0 Å². The molecule has 0 aromatic heterocycles. The van der Waals surface area contributed by atoms with Gasteiger partial charge in [-0.15, -0.1) is 12.4 Å². The molecule has 1 saturated heterocycles. The topological polar surface area (TPSA) is 75.4 Å². The van der Waals surface area contributed by atoms with Crippen molar-refractivity contribution >= 4 is 24.2 Å². The van der Waals surface area contributed by atoms with Gasteiger partial charge in [0.2, 0.25) is 11.8 Å². The summed E-state index contributed by atoms with van der Waals surface area (Å²) >= 11 is 0. The lowest BCUT2D eigenvalue weighted by atomic mass is 9.86. The second kappa shape index (κ2) is 7.10. The zero-order valence-corrected chi connectivity index (χ0v) is 13.0. The number of carbonyl (C=O) groups excluding carboxylic acids is 2. The SMILES string of the molecule is CC(C)C(C)(CN)NC(=O)C1CCN(C)C(=O)C1.Cl. The highest BCUT2D eigenvalue weighted by atomic mass is 35.5. The predicted octanol–water partition coefficient (Wildman–Crippen LogP) is 0.766. The van der Waals surface area contributed by atoms with E-state index in [0.717, 1.165) is 6.42 Å². The Hall–Kier alpha value is -0.810. The Labute approximate surface area is 121 Å². The Morgan fingerprint density at radius 2 is 2.16 bits per heavy atom. The van der Waals surface area contributed by atoms with Gasteiger partial charge in [-0.05, 0) is 19.3 Å². The first-order valence-corrected chi connectivity index (χ1v) is 6.56. The number of nitrogens with two attached hydrogens (primary N) is 1. The second-order valence-corrected chi connectivity index (χ2v) is 5.77. The molecule has 6 heteroatoms. The number of hydrogen-bond acceptors (Lipinski definition) is 3. The molecule has 2 amide bonds. The molecule has 0 bridgehead atoms. The molecule has 0 spiro atoms. The maximum Gasteiger partial charge on any atom is 0.224 e. The number of hydrogen-bond donors (Lipinski definition) is 2. The third kappa shape index (κ3) is 4.35. The van der Waals surface area contributed by atoms with E-state index in [2.05, 4.69) is 5.32 Å². The van der Waals surface area contributed by atoms with Crippen LogP contribution in [-0.4, -0.2) is 42.4 Å². The monoisotopic (exact) mass is 291 g/mol. The lowest BCUT2D eigenvalue weighted by Crippen LogP contribution is -2.57. The molecule has 0 aromatic carbocycles. The van der Waals surface area contributed by atoms with Crippen LogP contribution in [0, 0.1) is 11.8 Å². The van der Waals surface area contributed by atoms with Crippen LogP contribution in [0.1, 0.15) is 33.6 Å². The van der Waals surface area contributed by atoms with Gasteiger partial charge < -0.3 is 16.0 Å². The molecule has 2 atom stereocenters. The third-order valence-corrected chi connectivity index (χ3v) is 4.14. The Morgan fingerprint density at radius 1 is 1.58 bits per heavy atom. The lowest BCUT2D eigenvalue weighted by Gasteiger charge is -2.36. The van der Waals surface area contributed by atoms with E-state index in [1.54, 1.807) is 11.9 Å². The van der Waals surface area contributed by atoms with Crippen molar-refractivity contribution in [2.24, 2.45) is 17.6 Å². The number of halogens is 1. The summed E-state index contributed by atoms with van der Waals surface area (Å²) in [6.07, 6.45) is 1.04. The van der Waals surface area contributed by atoms with Gasteiger partial charge in [-0.2, -0.15) is 0 Å². The van der Waals surface area contributed by atoms with Crippen LogP contribution in [0.15, 0.2) is 0 Å². The minimum atomic E-state index is -0.399. The van der Waals surface area contributed by atoms with Crippen LogP contribution in [0.25, 0.3) is 0 Å². The number of likely N-dealkylation sites (tertiary alicyclic amines) is 1. The first kappa shape index (κ1) is 18.2. The number of nitrogens with one attached hydrogen (secondary N) is 1. The molecular formula is C13H26ClN3O2. The molecule has 19 heavy (non-hydrogen) atoms. The first-order valence-electron chi connectivity index (χ1n) is 6.56. The average Bonchev–Trinajstić information content (AvgIpc) is 2.32. The van der Waals surface area contributed by atoms with Gasteiger partial charge in [-0.25, -0.2) is 0 Å². The van der Waals surface area contributed by atoms with Gasteiger partial charge in [0.15, 0.2) is 0 Å². The van der Waals surface area contributed by atoms with Crippen molar-refractivity contribution in [1.29, 1.82) is 0 Å². The van der Waals surface area contributed by atoms with Crippen molar-refractivity contribution in [3.63, 3.8) is 0 Å². The molecule has 3 N–H and O–H groups in total. The molecule has 0 aromatic rings. The molecule has 0 saturated carbocycles. The molecule has 1 aliphatic rings. The highest BCUT2D eigenvalue weighted by Gasteiger charge is 2.34. The smallest absolute Gasteiger partial charge is 0.224 e. The fourth-order valence-corrected chi connectivity index (χ4v) is 1.98. The Kier molecular flexibility index (Phi) is 6.80. The molecule has 0 aliphatic carbocycles. The van der Waals surface area contributed by atoms with E-state index in [1.807, 2.05) is 20.8 Å². The maximum atomic E-state index is 12.2. The largest absolute Gasteiger partial charge is 0.349 e. The van der Waals surface area contributed by atoms with E-state index in [0.29, 0.717) is 19.5 Å². The van der Waals surface area contributed by atoms with Gasteiger partial charge in [0.25, 0.3) is 0 Å². The molecule has 2 unspecified atom stereocenters. The molecule has 1 rings (SSSR count). The summed E-state index contributed by atoms with van der Waals surface area (Å²) in [7, 11) is 1.77. The van der Waals surface area contributed by atoms with E-state index >= 15 is 0 Å². The Morgan fingerprint density at radius 3 is 2.58 bits per heavy atom. The van der Waals surface area contributed by atoms with Gasteiger partial charge in [0.05, 0.1) is 5.54 Å². The zero-order chi connectivity index (χ0) is 13.9. The molecule has 1 fully saturated rings. The van der Waals surface area contributed by atoms with E-state index < -0.39 is 5.54 Å². The fraction of sp³-hybridized carbons (Fsp3) is 0.846. The molecule has 1 heterocycles. The number of amides is 2. The second-order valence-electron chi connectivity index (χ2n) is 5.77. The van der Waals surface area contributed by atoms with Crippen molar-refractivity contribution in [3.8, 4) is 0 Å². The van der Waals surface area contributed by atoms with Crippen LogP contribution in [0.4, 0.5) is 0 Å². The van der Waals surface area contributed by atoms with Gasteiger partial charge in [0.1, 0.15) is 0 Å². The van der Waals surface area contributed by atoms with Crippen molar-refractivity contribution in [1.82, 2.24) is 10.2 Å². The zero-order valence-electron chi connectivity index (χ0n) is 12.2. The number of carbonyl (C=O) groups is 2. The normalized spacial score (nSPS) is 22.7. The van der Waals surface area contributed by atoms with E-state index in [9.17, 15) is 9.59 Å². The number of rotatable bonds is 4. The summed E-state index contributed by atoms with van der Waals surface area (Å²) < 4.78 is 0. The molecule has 5 nitrogen and oxygen atoms in total. The third-order valence-electron chi connectivity index (χ3n) is 4.14. The predicted molar refractivity (Wildman–Crippen MR) is 78.0 cm³/mol. The quantitative estimate of drug-likeness (QED) is 0.803. The van der Waals surface area contributed by atoms with E-state index in [4.69, 9.17) is 5.73 Å². The average molecular weight is 292 g/mol. The van der Waals surface area contributed by atoms with Crippen LogP contribution in [0.2, 0.25) is 0 Å². The first-order chi connectivity index (χ1) is 8.30. The number of piperidine rings is 1. The van der Waals surface area contributed by atoms with Gasteiger partial charge in [-0.3, -0.25) is 9.59 Å². The minimum absolute atomic E-state index is 0. The van der Waals surface area contributed by atoms with Crippen molar-refractivity contribution in [2.75, 3.05) is 20.1 Å². The Balaban J connectivity index is 0.00000324. The van der Waals surface area contributed by atoms with E-state index in [1.165, 1.54) is 0 Å². The summed E-state index contributed by atoms with van der Waals surface area (Å²) in [5.74, 6) is 0.0465. The van der Waals surface area contributed by atoms with Crippen molar-refractivity contribution < 1.29 is 9.59 Å². The molecular weight excluding hydrogens is 266 g/mol. The fourth-order valence-electron chi connectivity index (χ4n) is 1.98. The molecule has 112 valence electrons. The summed E-state index contributed by atoms with van der Waals surface area (Å²) in [4.78, 5) is 25.5. The molecule has 1 aliphatic heterocycles. The number of nitrogens with zero attached hydrogens (tertiary/aromatic N) is 1. The summed E-state index contributed by atoms with van der Waals surface area (Å²) in [6.45, 7) is 7.07. The van der Waals surface area contributed by atoms with E-state index in [-0.39, 0.29) is 36.1 Å². The molecule has 0 radical (unpaired) electrons. The summed E-state index contributed by atoms with van der Waals surface area (Å²) in [6, 6.07) is 0. The summed E-state index contributed by atoms with van der Waals surface area (Å²) in [5.41, 5.74) is 5.35. The van der Waals surface area contributed by atoms with Crippen LogP contribution in [-0.2, 0) is 9.59 Å². The minimum Gasteiger partial charge on any atom is -0.349 e. The van der Waals surface area contributed by atoms with Crippen LogP contribution in [0.3, 0.4) is 0 Å². The maximum absolute atomic E-state index is 12.2. The van der Waals surface area contributed by atoms with Crippen LogP contribution in [0.5, 0.6) is 0 Å². The van der Waals surface area contributed by atoms with Gasteiger partial charge in [0, 0.05) is 32.5 Å². The Bertz CT molecular complexity index is 336. The van der Waals surface area contributed by atoms with Crippen LogP contribution >= 0.6 is 12.4 Å². The highest BCUT2D eigenvalue weighted by Crippen LogP contribution is 2.21. The highest BCUT2D eigenvalue weighted by molar-refractivity contribution is 5.87. The lowest BCUT2D eigenvalue weighted by molar-refractivity contribution is -0.140. The van der Waals surface area contributed by atoms with Crippen molar-refractivity contribution in [2.45, 2.75) is 39.2 Å².